The minimum Gasteiger partial charge on any atom is -0.466 e. The lowest BCUT2D eigenvalue weighted by molar-refractivity contribution is -0.143. The molecule has 0 aliphatic rings. The zero-order valence-corrected chi connectivity index (χ0v) is 61.9. The first kappa shape index (κ1) is 89.1. The third-order valence-corrected chi connectivity index (χ3v) is 19.7. The molecular weight excluding hydrogens is 1110 g/mol. The van der Waals surface area contributed by atoms with E-state index in [0.717, 1.165) is 51.4 Å². The van der Waals surface area contributed by atoms with E-state index >= 15 is 0 Å². The molecule has 0 saturated carbocycles. The number of carbonyl (C=O) groups excluding carboxylic acids is 2. The molecule has 6 heteroatoms. The molecule has 2 unspecified atom stereocenters. The van der Waals surface area contributed by atoms with Crippen LogP contribution in [0, 0.1) is 0 Å². The van der Waals surface area contributed by atoms with E-state index in [0.29, 0.717) is 25.9 Å². The van der Waals surface area contributed by atoms with Crippen molar-refractivity contribution in [1.82, 2.24) is 5.32 Å². The van der Waals surface area contributed by atoms with Crippen LogP contribution < -0.4 is 5.32 Å². The highest BCUT2D eigenvalue weighted by molar-refractivity contribution is 5.76. The molecular formula is C85H163NO5. The van der Waals surface area contributed by atoms with Crippen molar-refractivity contribution >= 4 is 11.9 Å². The number of hydrogen-bond acceptors (Lipinski definition) is 5. The third kappa shape index (κ3) is 77.0. The fourth-order valence-corrected chi connectivity index (χ4v) is 13.3. The predicted molar refractivity (Wildman–Crippen MR) is 403 cm³/mol. The first-order valence-corrected chi connectivity index (χ1v) is 41.7. The first-order valence-electron chi connectivity index (χ1n) is 41.7. The van der Waals surface area contributed by atoms with Crippen LogP contribution in [0.5, 0.6) is 0 Å². The number of rotatable bonds is 79. The van der Waals surface area contributed by atoms with Gasteiger partial charge in [-0.25, -0.2) is 0 Å². The number of nitrogens with one attached hydrogen (secondary N) is 1. The summed E-state index contributed by atoms with van der Waals surface area (Å²) in [5.74, 6) is -0.0108. The zero-order valence-electron chi connectivity index (χ0n) is 61.9. The van der Waals surface area contributed by atoms with Crippen LogP contribution in [-0.4, -0.2) is 47.4 Å². The van der Waals surface area contributed by atoms with Crippen molar-refractivity contribution in [2.45, 2.75) is 482 Å². The van der Waals surface area contributed by atoms with Gasteiger partial charge in [0, 0.05) is 12.8 Å². The molecule has 0 aromatic rings. The lowest BCUT2D eigenvalue weighted by Crippen LogP contribution is -2.45. The number of unbranched alkanes of at least 4 members (excludes halogenated alkanes) is 62. The highest BCUT2D eigenvalue weighted by Crippen LogP contribution is 2.20. The Morgan fingerprint density at radius 1 is 0.308 bits per heavy atom. The highest BCUT2D eigenvalue weighted by Gasteiger charge is 2.20. The Bertz CT molecular complexity index is 1470. The fourth-order valence-electron chi connectivity index (χ4n) is 13.3. The van der Waals surface area contributed by atoms with E-state index in [4.69, 9.17) is 4.74 Å². The summed E-state index contributed by atoms with van der Waals surface area (Å²) >= 11 is 0. The second kappa shape index (κ2) is 80.5. The van der Waals surface area contributed by atoms with Gasteiger partial charge >= 0.3 is 5.97 Å². The molecule has 1 amide bonds. The Morgan fingerprint density at radius 2 is 0.549 bits per heavy atom. The van der Waals surface area contributed by atoms with Crippen LogP contribution in [0.4, 0.5) is 0 Å². The molecule has 2 atom stereocenters. The van der Waals surface area contributed by atoms with E-state index in [2.05, 4.69) is 55.6 Å². The minimum absolute atomic E-state index is 0.0167. The summed E-state index contributed by atoms with van der Waals surface area (Å²) in [6.45, 7) is 5.00. The Kier molecular flexibility index (Phi) is 78.8. The highest BCUT2D eigenvalue weighted by atomic mass is 16.5. The average Bonchev–Trinajstić information content (AvgIpc) is 3.65. The van der Waals surface area contributed by atoms with Crippen LogP contribution in [0.2, 0.25) is 0 Å². The zero-order chi connectivity index (χ0) is 65.6. The molecule has 0 fully saturated rings. The molecule has 0 saturated heterocycles. The summed E-state index contributed by atoms with van der Waals surface area (Å²) < 4.78 is 5.51. The van der Waals surface area contributed by atoms with Crippen LogP contribution in [-0.2, 0) is 14.3 Å². The number of esters is 1. The summed E-state index contributed by atoms with van der Waals surface area (Å²) in [4.78, 5) is 24.7. The van der Waals surface area contributed by atoms with Crippen LogP contribution in [0.15, 0.2) is 36.5 Å². The molecule has 0 aromatic carbocycles. The summed E-state index contributed by atoms with van der Waals surface area (Å²) in [6, 6.07) is -0.540. The van der Waals surface area contributed by atoms with E-state index in [-0.39, 0.29) is 18.5 Å². The lowest BCUT2D eigenvalue weighted by atomic mass is 10.0. The molecule has 0 heterocycles. The molecule has 538 valence electrons. The maximum atomic E-state index is 12.6. The van der Waals surface area contributed by atoms with E-state index in [1.165, 1.54) is 385 Å². The fraction of sp³-hybridized carbons (Fsp3) is 0.906. The molecule has 91 heavy (non-hydrogen) atoms. The molecule has 0 spiro atoms. The smallest absolute Gasteiger partial charge is 0.305 e. The van der Waals surface area contributed by atoms with Gasteiger partial charge in [0.2, 0.25) is 5.91 Å². The Balaban J connectivity index is 3.35. The number of aliphatic hydroxyl groups is 2. The predicted octanol–water partition coefficient (Wildman–Crippen LogP) is 27.8. The largest absolute Gasteiger partial charge is 0.466 e. The van der Waals surface area contributed by atoms with Gasteiger partial charge in [0.15, 0.2) is 0 Å². The lowest BCUT2D eigenvalue weighted by Gasteiger charge is -2.22. The van der Waals surface area contributed by atoms with E-state index in [9.17, 15) is 19.8 Å². The molecule has 0 aliphatic carbocycles. The number of carbonyl (C=O) groups is 2. The monoisotopic (exact) mass is 1280 g/mol. The second-order valence-corrected chi connectivity index (χ2v) is 28.8. The van der Waals surface area contributed by atoms with Gasteiger partial charge < -0.3 is 20.3 Å². The van der Waals surface area contributed by atoms with Crippen molar-refractivity contribution in [2.24, 2.45) is 0 Å². The van der Waals surface area contributed by atoms with E-state index in [1.807, 2.05) is 0 Å². The van der Waals surface area contributed by atoms with Crippen molar-refractivity contribution in [1.29, 1.82) is 0 Å². The van der Waals surface area contributed by atoms with Crippen LogP contribution in [0.3, 0.4) is 0 Å². The second-order valence-electron chi connectivity index (χ2n) is 28.8. The standard InChI is InChI=1S/C85H163NO5/c1-3-5-7-9-11-13-15-17-19-21-42-45-49-53-57-61-65-69-73-77-83(88)82(81-87)86-84(89)78-74-70-66-62-58-54-50-46-43-40-38-36-34-32-30-28-26-24-23-25-27-29-31-33-35-37-39-41-44-48-52-56-60-64-68-72-76-80-91-85(90)79-75-71-67-63-59-55-51-47-22-20-18-16-14-12-10-8-6-4-2/h20,22-23,25,29,31,82-83,87-88H,3-19,21,24,26-28,30,32-81H2,1-2H3,(H,86,89)/b22-20-,25-23-,31-29-. The molecule has 3 N–H and O–H groups in total. The van der Waals surface area contributed by atoms with Gasteiger partial charge in [0.05, 0.1) is 25.4 Å². The van der Waals surface area contributed by atoms with Crippen molar-refractivity contribution in [3.63, 3.8) is 0 Å². The van der Waals surface area contributed by atoms with Gasteiger partial charge in [-0.05, 0) is 83.5 Å². The SMILES string of the molecule is CCCCCCCCC/C=C\CCCCCCCCCC(=O)OCCCCCCCCCCCCCCC/C=C\C/C=C\CCCCCCCCCCCCCCCCCCCC(=O)NC(CO)C(O)CCCCCCCCCCCCCCCCCCCCC. The van der Waals surface area contributed by atoms with Gasteiger partial charge in [-0.1, -0.05) is 410 Å². The van der Waals surface area contributed by atoms with Gasteiger partial charge in [-0.3, -0.25) is 9.59 Å². The van der Waals surface area contributed by atoms with Crippen LogP contribution in [0.25, 0.3) is 0 Å². The van der Waals surface area contributed by atoms with Crippen LogP contribution >= 0.6 is 0 Å². The van der Waals surface area contributed by atoms with Crippen molar-refractivity contribution in [3.05, 3.63) is 36.5 Å². The topological polar surface area (TPSA) is 95.9 Å². The Hall–Kier alpha value is -1.92. The van der Waals surface area contributed by atoms with Gasteiger partial charge in [-0.2, -0.15) is 0 Å². The third-order valence-electron chi connectivity index (χ3n) is 19.7. The quantitative estimate of drug-likeness (QED) is 0.0320. The minimum atomic E-state index is -0.663. The normalized spacial score (nSPS) is 12.6. The van der Waals surface area contributed by atoms with Gasteiger partial charge in [0.1, 0.15) is 0 Å². The maximum absolute atomic E-state index is 12.6. The molecule has 0 aromatic heterocycles. The van der Waals surface area contributed by atoms with Gasteiger partial charge in [0.25, 0.3) is 0 Å². The van der Waals surface area contributed by atoms with E-state index < -0.39 is 12.1 Å². The first-order chi connectivity index (χ1) is 45.0. The maximum Gasteiger partial charge on any atom is 0.305 e. The molecule has 0 rings (SSSR count). The van der Waals surface area contributed by atoms with Crippen molar-refractivity contribution in [2.75, 3.05) is 13.2 Å². The molecule has 0 bridgehead atoms. The molecule has 0 radical (unpaired) electrons. The summed E-state index contributed by atoms with van der Waals surface area (Å²) in [7, 11) is 0. The van der Waals surface area contributed by atoms with Crippen molar-refractivity contribution < 1.29 is 24.5 Å². The van der Waals surface area contributed by atoms with Gasteiger partial charge in [-0.15, -0.1) is 0 Å². The number of ether oxygens (including phenoxy) is 1. The summed E-state index contributed by atoms with van der Waals surface area (Å²) in [5.41, 5.74) is 0. The van der Waals surface area contributed by atoms with E-state index in [1.54, 1.807) is 0 Å². The van der Waals surface area contributed by atoms with Crippen molar-refractivity contribution in [3.8, 4) is 0 Å². The summed E-state index contributed by atoms with van der Waals surface area (Å²) in [6.07, 6.45) is 105. The number of aliphatic hydroxyl groups excluding tert-OH is 2. The average molecular weight is 1280 g/mol. The number of allylic oxidation sites excluding steroid dienone is 6. The molecule has 0 aliphatic heterocycles. The Morgan fingerprint density at radius 3 is 0.846 bits per heavy atom. The Labute approximate surface area is 570 Å². The number of hydrogen-bond donors (Lipinski definition) is 3. The van der Waals surface area contributed by atoms with Crippen LogP contribution in [0.1, 0.15) is 470 Å². The number of amides is 1. The molecule has 6 nitrogen and oxygen atoms in total. The summed E-state index contributed by atoms with van der Waals surface area (Å²) in [5, 5.41) is 23.4.